The van der Waals surface area contributed by atoms with Crippen molar-refractivity contribution in [3.05, 3.63) is 102 Å². The summed E-state index contributed by atoms with van der Waals surface area (Å²) in [5.74, 6) is -0.234. The van der Waals surface area contributed by atoms with Gasteiger partial charge >= 0.3 is 0 Å². The second-order valence-corrected chi connectivity index (χ2v) is 6.87. The van der Waals surface area contributed by atoms with E-state index in [0.717, 1.165) is 11.1 Å². The minimum atomic E-state index is -0.378. The van der Waals surface area contributed by atoms with Gasteiger partial charge in [0.1, 0.15) is 12.4 Å². The van der Waals surface area contributed by atoms with Crippen molar-refractivity contribution in [1.29, 1.82) is 0 Å². The van der Waals surface area contributed by atoms with Crippen LogP contribution in [0, 0.1) is 5.82 Å². The summed E-state index contributed by atoms with van der Waals surface area (Å²) in [7, 11) is 0. The van der Waals surface area contributed by atoms with E-state index in [0.29, 0.717) is 18.7 Å². The van der Waals surface area contributed by atoms with Crippen LogP contribution < -0.4 is 0 Å². The van der Waals surface area contributed by atoms with Gasteiger partial charge in [0, 0.05) is 18.7 Å². The first-order valence-corrected chi connectivity index (χ1v) is 9.57. The van der Waals surface area contributed by atoms with Gasteiger partial charge in [0.05, 0.1) is 0 Å². The molecule has 150 valence electrons. The Morgan fingerprint density at radius 2 is 1.50 bits per heavy atom. The third kappa shape index (κ3) is 4.94. The third-order valence-corrected chi connectivity index (χ3v) is 4.60. The smallest absolute Gasteiger partial charge is 0.246 e. The van der Waals surface area contributed by atoms with Gasteiger partial charge in [0.25, 0.3) is 0 Å². The van der Waals surface area contributed by atoms with E-state index in [-0.39, 0.29) is 24.1 Å². The molecule has 0 aliphatic heterocycles. The Labute approximate surface area is 173 Å². The molecule has 0 aliphatic rings. The number of halogens is 1. The number of hydrogen-bond donors (Lipinski definition) is 0. The zero-order chi connectivity index (χ0) is 20.8. The molecule has 0 bridgehead atoms. The molecule has 1 aromatic heterocycles. The average Bonchev–Trinajstić information content (AvgIpc) is 3.23. The van der Waals surface area contributed by atoms with Gasteiger partial charge in [-0.05, 0) is 28.5 Å². The summed E-state index contributed by atoms with van der Waals surface area (Å²) in [4.78, 5) is 16.1. The minimum Gasteiger partial charge on any atom is -0.332 e. The Bertz CT molecular complexity index is 1070. The molecule has 30 heavy (non-hydrogen) atoms. The van der Waals surface area contributed by atoms with E-state index in [1.165, 1.54) is 16.9 Å². The zero-order valence-corrected chi connectivity index (χ0v) is 16.2. The summed E-state index contributed by atoms with van der Waals surface area (Å²) in [6.45, 7) is 0.891. The summed E-state index contributed by atoms with van der Waals surface area (Å²) in [5.41, 5.74) is 2.58. The molecular weight excluding hydrogens is 381 g/mol. The topological polar surface area (TPSA) is 63.9 Å². The Morgan fingerprint density at radius 1 is 0.867 bits per heavy atom. The van der Waals surface area contributed by atoms with Crippen LogP contribution in [0.5, 0.6) is 0 Å². The number of carbonyl (C=O) groups is 1. The molecule has 0 spiro atoms. The fourth-order valence-electron chi connectivity index (χ4n) is 3.11. The van der Waals surface area contributed by atoms with E-state index in [9.17, 15) is 9.18 Å². The van der Waals surface area contributed by atoms with E-state index in [4.69, 9.17) is 0 Å². The standard InChI is InChI=1S/C23H20FN5O/c24-21-13-7-12-20(14-21)23-25-27-29(26-23)17-22(30)28(15-18-8-3-1-4-9-18)16-19-10-5-2-6-11-19/h1-14H,15-17H2. The Morgan fingerprint density at radius 3 is 2.10 bits per heavy atom. The lowest BCUT2D eigenvalue weighted by Gasteiger charge is -2.23. The molecule has 0 radical (unpaired) electrons. The molecular formula is C23H20FN5O. The van der Waals surface area contributed by atoms with Crippen molar-refractivity contribution in [1.82, 2.24) is 25.1 Å². The third-order valence-electron chi connectivity index (χ3n) is 4.60. The van der Waals surface area contributed by atoms with Crippen LogP contribution in [0.4, 0.5) is 4.39 Å². The van der Waals surface area contributed by atoms with Crippen molar-refractivity contribution in [2.45, 2.75) is 19.6 Å². The second kappa shape index (κ2) is 9.09. The van der Waals surface area contributed by atoms with Crippen molar-refractivity contribution in [2.75, 3.05) is 0 Å². The van der Waals surface area contributed by atoms with Gasteiger partial charge < -0.3 is 4.90 Å². The highest BCUT2D eigenvalue weighted by Gasteiger charge is 2.17. The van der Waals surface area contributed by atoms with Gasteiger partial charge in [-0.25, -0.2) is 4.39 Å². The van der Waals surface area contributed by atoms with Crippen LogP contribution in [0.15, 0.2) is 84.9 Å². The van der Waals surface area contributed by atoms with E-state index in [2.05, 4.69) is 15.4 Å². The largest absolute Gasteiger partial charge is 0.332 e. The molecule has 0 N–H and O–H groups in total. The summed E-state index contributed by atoms with van der Waals surface area (Å²) in [6.07, 6.45) is 0. The van der Waals surface area contributed by atoms with Gasteiger partial charge in [-0.15, -0.1) is 10.2 Å². The zero-order valence-electron chi connectivity index (χ0n) is 16.2. The fourth-order valence-corrected chi connectivity index (χ4v) is 3.11. The lowest BCUT2D eigenvalue weighted by molar-refractivity contribution is -0.133. The summed E-state index contributed by atoms with van der Waals surface area (Å²) >= 11 is 0. The number of hydrogen-bond acceptors (Lipinski definition) is 4. The van der Waals surface area contributed by atoms with Crippen LogP contribution in [0.3, 0.4) is 0 Å². The monoisotopic (exact) mass is 401 g/mol. The maximum Gasteiger partial charge on any atom is 0.246 e. The maximum absolute atomic E-state index is 13.4. The normalized spacial score (nSPS) is 10.7. The second-order valence-electron chi connectivity index (χ2n) is 6.87. The number of carbonyl (C=O) groups excluding carboxylic acids is 1. The minimum absolute atomic E-state index is 0.0536. The van der Waals surface area contributed by atoms with Crippen molar-refractivity contribution in [3.63, 3.8) is 0 Å². The predicted molar refractivity (Wildman–Crippen MR) is 110 cm³/mol. The van der Waals surface area contributed by atoms with Crippen LogP contribution in [0.2, 0.25) is 0 Å². The lowest BCUT2D eigenvalue weighted by atomic mass is 10.1. The first-order valence-electron chi connectivity index (χ1n) is 9.57. The molecule has 4 rings (SSSR count). The number of aromatic nitrogens is 4. The molecule has 1 heterocycles. The van der Waals surface area contributed by atoms with E-state index in [1.54, 1.807) is 17.0 Å². The number of benzene rings is 3. The Balaban J connectivity index is 1.51. The molecule has 0 fully saturated rings. The van der Waals surface area contributed by atoms with Crippen molar-refractivity contribution in [3.8, 4) is 11.4 Å². The number of tetrazole rings is 1. The van der Waals surface area contributed by atoms with Crippen molar-refractivity contribution < 1.29 is 9.18 Å². The first kappa shape index (κ1) is 19.4. The molecule has 0 saturated heterocycles. The molecule has 4 aromatic rings. The molecule has 3 aromatic carbocycles. The van der Waals surface area contributed by atoms with Crippen LogP contribution in [0.25, 0.3) is 11.4 Å². The summed E-state index contributed by atoms with van der Waals surface area (Å²) in [6, 6.07) is 25.6. The highest BCUT2D eigenvalue weighted by atomic mass is 19.1. The van der Waals surface area contributed by atoms with Gasteiger partial charge in [-0.1, -0.05) is 72.8 Å². The Kier molecular flexibility index (Phi) is 5.89. The van der Waals surface area contributed by atoms with Crippen LogP contribution in [-0.2, 0) is 24.4 Å². The highest BCUT2D eigenvalue weighted by Crippen LogP contribution is 2.15. The van der Waals surface area contributed by atoms with E-state index < -0.39 is 0 Å². The lowest BCUT2D eigenvalue weighted by Crippen LogP contribution is -2.33. The summed E-state index contributed by atoms with van der Waals surface area (Å²) in [5, 5.41) is 12.2. The Hall–Kier alpha value is -3.87. The van der Waals surface area contributed by atoms with Gasteiger partial charge in [0.2, 0.25) is 11.7 Å². The fraction of sp³-hybridized carbons (Fsp3) is 0.130. The summed E-state index contributed by atoms with van der Waals surface area (Å²) < 4.78 is 13.4. The molecule has 6 nitrogen and oxygen atoms in total. The quantitative estimate of drug-likeness (QED) is 0.474. The van der Waals surface area contributed by atoms with Crippen LogP contribution in [0.1, 0.15) is 11.1 Å². The maximum atomic E-state index is 13.4. The SMILES string of the molecule is O=C(Cn1nnc(-c2cccc(F)c2)n1)N(Cc1ccccc1)Cc1ccccc1. The molecule has 1 amide bonds. The van der Waals surface area contributed by atoms with Gasteiger partial charge in [-0.2, -0.15) is 4.80 Å². The van der Waals surface area contributed by atoms with E-state index >= 15 is 0 Å². The number of nitrogens with zero attached hydrogens (tertiary/aromatic N) is 5. The van der Waals surface area contributed by atoms with Crippen LogP contribution in [-0.4, -0.2) is 31.0 Å². The predicted octanol–water partition coefficient (Wildman–Crippen LogP) is 3.71. The molecule has 0 aliphatic carbocycles. The number of amides is 1. The van der Waals surface area contributed by atoms with Gasteiger partial charge in [-0.3, -0.25) is 4.79 Å². The molecule has 7 heteroatoms. The van der Waals surface area contributed by atoms with E-state index in [1.807, 2.05) is 60.7 Å². The van der Waals surface area contributed by atoms with Crippen molar-refractivity contribution >= 4 is 5.91 Å². The molecule has 0 atom stereocenters. The first-order chi connectivity index (χ1) is 14.7. The molecule has 0 saturated carbocycles. The van der Waals surface area contributed by atoms with Crippen molar-refractivity contribution in [2.24, 2.45) is 0 Å². The average molecular weight is 401 g/mol. The van der Waals surface area contributed by atoms with Gasteiger partial charge in [0.15, 0.2) is 0 Å². The molecule has 0 unspecified atom stereocenters. The van der Waals surface area contributed by atoms with Crippen LogP contribution >= 0.6 is 0 Å². The number of rotatable bonds is 7. The highest BCUT2D eigenvalue weighted by molar-refractivity contribution is 5.75.